The van der Waals surface area contributed by atoms with Gasteiger partial charge in [0.1, 0.15) is 23.6 Å². The zero-order valence-corrected chi connectivity index (χ0v) is 17.2. The van der Waals surface area contributed by atoms with E-state index in [0.29, 0.717) is 22.8 Å². The first-order valence-corrected chi connectivity index (χ1v) is 10.9. The number of hydrogen-bond acceptors (Lipinski definition) is 6. The number of rotatable bonds is 8. The number of nitrogens with zero attached hydrogens (tertiary/aromatic N) is 2. The highest BCUT2D eigenvalue weighted by Crippen LogP contribution is 2.27. The first kappa shape index (κ1) is 20.1. The van der Waals surface area contributed by atoms with Crippen LogP contribution in [0.15, 0.2) is 18.2 Å². The molecule has 150 valence electrons. The lowest BCUT2D eigenvalue weighted by atomic mass is 9.86. The summed E-state index contributed by atoms with van der Waals surface area (Å²) in [4.78, 5) is 19.2. The van der Waals surface area contributed by atoms with Gasteiger partial charge < -0.3 is 14.8 Å². The molecule has 1 aliphatic heterocycles. The molecule has 1 amide bonds. The second-order valence-electron chi connectivity index (χ2n) is 7.71. The van der Waals surface area contributed by atoms with Crippen molar-refractivity contribution in [3.05, 3.63) is 23.1 Å². The van der Waals surface area contributed by atoms with Gasteiger partial charge in [-0.15, -0.1) is 0 Å². The monoisotopic (exact) mass is 393 g/mol. The fourth-order valence-corrected chi connectivity index (χ4v) is 4.21. The van der Waals surface area contributed by atoms with E-state index in [0.717, 1.165) is 31.2 Å². The first-order chi connectivity index (χ1) is 13.1. The fourth-order valence-electron chi connectivity index (χ4n) is 3.55. The summed E-state index contributed by atoms with van der Waals surface area (Å²) in [6.45, 7) is 6.31. The third-order valence-electron chi connectivity index (χ3n) is 5.30. The summed E-state index contributed by atoms with van der Waals surface area (Å²) in [6.07, 6.45) is 12.3. The van der Waals surface area contributed by atoms with E-state index >= 15 is 0 Å². The van der Waals surface area contributed by atoms with Gasteiger partial charge in [-0.3, -0.25) is 9.69 Å². The van der Waals surface area contributed by atoms with Crippen LogP contribution in [0.1, 0.15) is 68.5 Å². The summed E-state index contributed by atoms with van der Waals surface area (Å²) in [5, 5.41) is 3.46. The number of thiazole rings is 1. The molecule has 0 spiro atoms. The molecule has 2 aliphatic rings. The minimum Gasteiger partial charge on any atom is -0.478 e. The molecular weight excluding hydrogens is 362 g/mol. The normalized spacial score (nSPS) is 20.2. The summed E-state index contributed by atoms with van der Waals surface area (Å²) < 4.78 is 11.1. The molecule has 1 aromatic heterocycles. The molecule has 0 atom stereocenters. The lowest BCUT2D eigenvalue weighted by Gasteiger charge is -2.21. The van der Waals surface area contributed by atoms with E-state index in [4.69, 9.17) is 9.47 Å². The Bertz CT molecular complexity index is 638. The van der Waals surface area contributed by atoms with E-state index in [-0.39, 0.29) is 5.91 Å². The molecule has 7 heteroatoms. The van der Waals surface area contributed by atoms with Gasteiger partial charge in [0.15, 0.2) is 0 Å². The van der Waals surface area contributed by atoms with Crippen LogP contribution in [0.4, 0.5) is 0 Å². The van der Waals surface area contributed by atoms with Crippen molar-refractivity contribution in [2.75, 3.05) is 19.8 Å². The van der Waals surface area contributed by atoms with Crippen molar-refractivity contribution in [3.8, 4) is 5.19 Å². The van der Waals surface area contributed by atoms with Crippen molar-refractivity contribution < 1.29 is 14.3 Å². The molecule has 1 saturated heterocycles. The SMILES string of the molecule is CC(C)N1COC(=COc2ncc(C(=O)NCCCC3CCCCC3)s2)C1. The third kappa shape index (κ3) is 6.21. The van der Waals surface area contributed by atoms with E-state index in [1.54, 1.807) is 12.5 Å². The standard InChI is InChI=1S/C20H31N3O3S/c1-15(2)23-12-17(26-14-23)13-25-20-22-11-18(27-20)19(24)21-10-6-9-16-7-4-3-5-8-16/h11,13,15-16H,3-10,12,14H2,1-2H3,(H,21,24). The van der Waals surface area contributed by atoms with Crippen molar-refractivity contribution in [2.45, 2.75) is 64.8 Å². The van der Waals surface area contributed by atoms with Crippen LogP contribution in [0, 0.1) is 5.92 Å². The highest BCUT2D eigenvalue weighted by atomic mass is 32.1. The second-order valence-corrected chi connectivity index (χ2v) is 8.70. The third-order valence-corrected chi connectivity index (χ3v) is 6.19. The summed E-state index contributed by atoms with van der Waals surface area (Å²) in [5.41, 5.74) is 0. The molecule has 0 bridgehead atoms. The smallest absolute Gasteiger partial charge is 0.278 e. The Morgan fingerprint density at radius 1 is 1.44 bits per heavy atom. The minimum atomic E-state index is -0.0678. The van der Waals surface area contributed by atoms with Gasteiger partial charge in [0.2, 0.25) is 0 Å². The van der Waals surface area contributed by atoms with Crippen LogP contribution in [0.2, 0.25) is 0 Å². The molecule has 3 rings (SSSR count). The molecule has 0 aromatic carbocycles. The van der Waals surface area contributed by atoms with Crippen LogP contribution in [0.25, 0.3) is 0 Å². The molecule has 0 unspecified atom stereocenters. The molecule has 2 heterocycles. The number of hydrogen-bond donors (Lipinski definition) is 1. The molecule has 6 nitrogen and oxygen atoms in total. The molecular formula is C20H31N3O3S. The van der Waals surface area contributed by atoms with E-state index in [9.17, 15) is 4.79 Å². The molecule has 1 saturated carbocycles. The van der Waals surface area contributed by atoms with Crippen LogP contribution in [-0.2, 0) is 4.74 Å². The summed E-state index contributed by atoms with van der Waals surface area (Å²) in [7, 11) is 0. The molecule has 1 aromatic rings. The maximum Gasteiger partial charge on any atom is 0.278 e. The predicted molar refractivity (Wildman–Crippen MR) is 107 cm³/mol. The lowest BCUT2D eigenvalue weighted by Crippen LogP contribution is -2.27. The number of amides is 1. The van der Waals surface area contributed by atoms with Crippen molar-refractivity contribution in [1.82, 2.24) is 15.2 Å². The predicted octanol–water partition coefficient (Wildman–Crippen LogP) is 4.15. The van der Waals surface area contributed by atoms with Crippen LogP contribution in [-0.4, -0.2) is 41.7 Å². The van der Waals surface area contributed by atoms with Gasteiger partial charge >= 0.3 is 0 Å². The number of nitrogens with one attached hydrogen (secondary N) is 1. The molecule has 1 N–H and O–H groups in total. The minimum absolute atomic E-state index is 0.0678. The summed E-state index contributed by atoms with van der Waals surface area (Å²) in [5.74, 6) is 1.57. The van der Waals surface area contributed by atoms with Crippen molar-refractivity contribution in [2.24, 2.45) is 5.92 Å². The number of aromatic nitrogens is 1. The number of carbonyl (C=O) groups is 1. The quantitative estimate of drug-likeness (QED) is 0.531. The highest BCUT2D eigenvalue weighted by molar-refractivity contribution is 7.15. The van der Waals surface area contributed by atoms with Gasteiger partial charge in [0, 0.05) is 12.6 Å². The first-order valence-electron chi connectivity index (χ1n) is 10.1. The van der Waals surface area contributed by atoms with E-state index in [2.05, 4.69) is 29.0 Å². The van der Waals surface area contributed by atoms with Crippen LogP contribution >= 0.6 is 11.3 Å². The van der Waals surface area contributed by atoms with E-state index in [1.807, 2.05) is 0 Å². The maximum atomic E-state index is 12.2. The van der Waals surface area contributed by atoms with Crippen molar-refractivity contribution >= 4 is 17.2 Å². The highest BCUT2D eigenvalue weighted by Gasteiger charge is 2.21. The van der Waals surface area contributed by atoms with Gasteiger partial charge in [0.25, 0.3) is 11.1 Å². The zero-order valence-electron chi connectivity index (χ0n) is 16.4. The maximum absolute atomic E-state index is 12.2. The Balaban J connectivity index is 1.37. The Kier molecular flexibility index (Phi) is 7.52. The van der Waals surface area contributed by atoms with Gasteiger partial charge in [0.05, 0.1) is 12.7 Å². The topological polar surface area (TPSA) is 63.7 Å². The Hall–Kier alpha value is -1.60. The lowest BCUT2D eigenvalue weighted by molar-refractivity contribution is 0.0956. The van der Waals surface area contributed by atoms with Crippen LogP contribution < -0.4 is 10.1 Å². The number of ether oxygens (including phenoxy) is 2. The summed E-state index contributed by atoms with van der Waals surface area (Å²) >= 11 is 1.26. The fraction of sp³-hybridized carbons (Fsp3) is 0.700. The van der Waals surface area contributed by atoms with E-state index < -0.39 is 0 Å². The van der Waals surface area contributed by atoms with E-state index in [1.165, 1.54) is 49.9 Å². The van der Waals surface area contributed by atoms with Crippen molar-refractivity contribution in [3.63, 3.8) is 0 Å². The average Bonchev–Trinajstić information content (AvgIpc) is 3.34. The Labute approximate surface area is 165 Å². The largest absolute Gasteiger partial charge is 0.478 e. The molecule has 2 fully saturated rings. The van der Waals surface area contributed by atoms with Crippen LogP contribution in [0.5, 0.6) is 5.19 Å². The average molecular weight is 394 g/mol. The number of carbonyl (C=O) groups excluding carboxylic acids is 1. The van der Waals surface area contributed by atoms with Gasteiger partial charge in [-0.05, 0) is 32.6 Å². The molecule has 1 aliphatic carbocycles. The Morgan fingerprint density at radius 3 is 3.00 bits per heavy atom. The second kappa shape index (κ2) is 10.1. The van der Waals surface area contributed by atoms with Gasteiger partial charge in [-0.25, -0.2) is 4.98 Å². The van der Waals surface area contributed by atoms with Gasteiger partial charge in [-0.1, -0.05) is 43.4 Å². The van der Waals surface area contributed by atoms with Gasteiger partial charge in [-0.2, -0.15) is 0 Å². The zero-order chi connectivity index (χ0) is 19.1. The van der Waals surface area contributed by atoms with Crippen molar-refractivity contribution in [1.29, 1.82) is 0 Å². The Morgan fingerprint density at radius 2 is 2.26 bits per heavy atom. The summed E-state index contributed by atoms with van der Waals surface area (Å²) in [6, 6.07) is 0.434. The van der Waals surface area contributed by atoms with Crippen LogP contribution in [0.3, 0.4) is 0 Å². The molecule has 27 heavy (non-hydrogen) atoms. The molecule has 0 radical (unpaired) electrons.